The van der Waals surface area contributed by atoms with Crippen LogP contribution in [0.15, 0.2) is 18.2 Å². The van der Waals surface area contributed by atoms with Gasteiger partial charge in [-0.3, -0.25) is 0 Å². The Kier molecular flexibility index (Phi) is 5.99. The van der Waals surface area contributed by atoms with E-state index >= 15 is 0 Å². The van der Waals surface area contributed by atoms with Crippen molar-refractivity contribution in [3.63, 3.8) is 0 Å². The smallest absolute Gasteiger partial charge is 0.160 e. The number of rotatable bonds is 7. The highest BCUT2D eigenvalue weighted by Crippen LogP contribution is 2.28. The van der Waals surface area contributed by atoms with Gasteiger partial charge in [0.25, 0.3) is 0 Å². The van der Waals surface area contributed by atoms with Gasteiger partial charge >= 0.3 is 0 Å². The topological polar surface area (TPSA) is 44.5 Å². The highest BCUT2D eigenvalue weighted by molar-refractivity contribution is 5.42. The van der Waals surface area contributed by atoms with E-state index in [0.29, 0.717) is 12.0 Å². The molecule has 0 aliphatic heterocycles. The lowest BCUT2D eigenvalue weighted by molar-refractivity contribution is 0.354. The Morgan fingerprint density at radius 2 is 1.78 bits per heavy atom. The van der Waals surface area contributed by atoms with E-state index in [-0.39, 0.29) is 0 Å². The standard InChI is InChI=1S/C15H25NO2/c1-11(2)13(16)7-5-6-12-8-9-14(17-3)15(10-12)18-4/h8-11,13H,5-7,16H2,1-4H3. The van der Waals surface area contributed by atoms with Gasteiger partial charge in [0, 0.05) is 6.04 Å². The lowest BCUT2D eigenvalue weighted by atomic mass is 9.97. The summed E-state index contributed by atoms with van der Waals surface area (Å²) >= 11 is 0. The summed E-state index contributed by atoms with van der Waals surface area (Å²) in [5.74, 6) is 2.12. The molecule has 0 aromatic heterocycles. The first-order chi connectivity index (χ1) is 8.58. The molecule has 18 heavy (non-hydrogen) atoms. The van der Waals surface area contributed by atoms with E-state index in [1.165, 1.54) is 5.56 Å². The molecule has 1 unspecified atom stereocenters. The van der Waals surface area contributed by atoms with E-state index < -0.39 is 0 Å². The monoisotopic (exact) mass is 251 g/mol. The van der Waals surface area contributed by atoms with Gasteiger partial charge in [-0.05, 0) is 42.9 Å². The van der Waals surface area contributed by atoms with E-state index in [0.717, 1.165) is 30.8 Å². The van der Waals surface area contributed by atoms with Gasteiger partial charge < -0.3 is 15.2 Å². The van der Waals surface area contributed by atoms with Gasteiger partial charge in [0.05, 0.1) is 14.2 Å². The fourth-order valence-electron chi connectivity index (χ4n) is 1.91. The quantitative estimate of drug-likeness (QED) is 0.810. The van der Waals surface area contributed by atoms with E-state index in [2.05, 4.69) is 19.9 Å². The number of hydrogen-bond donors (Lipinski definition) is 1. The number of hydrogen-bond acceptors (Lipinski definition) is 3. The molecule has 0 spiro atoms. The van der Waals surface area contributed by atoms with Crippen molar-refractivity contribution < 1.29 is 9.47 Å². The summed E-state index contributed by atoms with van der Waals surface area (Å²) in [5, 5.41) is 0. The Balaban J connectivity index is 2.53. The molecule has 0 saturated heterocycles. The van der Waals surface area contributed by atoms with Gasteiger partial charge in [-0.2, -0.15) is 0 Å². The summed E-state index contributed by atoms with van der Waals surface area (Å²) in [5.41, 5.74) is 7.30. The van der Waals surface area contributed by atoms with Crippen LogP contribution in [0.1, 0.15) is 32.3 Å². The molecule has 3 nitrogen and oxygen atoms in total. The zero-order chi connectivity index (χ0) is 13.5. The highest BCUT2D eigenvalue weighted by atomic mass is 16.5. The maximum Gasteiger partial charge on any atom is 0.160 e. The fourth-order valence-corrected chi connectivity index (χ4v) is 1.91. The van der Waals surface area contributed by atoms with Crippen molar-refractivity contribution in [3.05, 3.63) is 23.8 Å². The first-order valence-electron chi connectivity index (χ1n) is 6.55. The lowest BCUT2D eigenvalue weighted by Crippen LogP contribution is -2.26. The van der Waals surface area contributed by atoms with Crippen LogP contribution in [0.3, 0.4) is 0 Å². The zero-order valence-electron chi connectivity index (χ0n) is 11.9. The molecular weight excluding hydrogens is 226 g/mol. The van der Waals surface area contributed by atoms with Crippen LogP contribution in [0.25, 0.3) is 0 Å². The molecule has 0 saturated carbocycles. The average molecular weight is 251 g/mol. The van der Waals surface area contributed by atoms with E-state index in [1.807, 2.05) is 12.1 Å². The van der Waals surface area contributed by atoms with Crippen LogP contribution in [-0.2, 0) is 6.42 Å². The summed E-state index contributed by atoms with van der Waals surface area (Å²) in [6.07, 6.45) is 3.20. The summed E-state index contributed by atoms with van der Waals surface area (Å²) in [4.78, 5) is 0. The van der Waals surface area contributed by atoms with Crippen LogP contribution in [0.5, 0.6) is 11.5 Å². The van der Waals surface area contributed by atoms with Gasteiger partial charge in [-0.25, -0.2) is 0 Å². The molecule has 0 amide bonds. The molecule has 0 aliphatic rings. The zero-order valence-corrected chi connectivity index (χ0v) is 11.9. The minimum Gasteiger partial charge on any atom is -0.493 e. The molecule has 102 valence electrons. The minimum atomic E-state index is 0.296. The first kappa shape index (κ1) is 14.8. The Bertz CT molecular complexity index is 364. The molecular formula is C15H25NO2. The molecule has 1 rings (SSSR count). The molecule has 0 radical (unpaired) electrons. The van der Waals surface area contributed by atoms with Gasteiger partial charge in [0.15, 0.2) is 11.5 Å². The Hall–Kier alpha value is -1.22. The van der Waals surface area contributed by atoms with Gasteiger partial charge in [0.2, 0.25) is 0 Å². The van der Waals surface area contributed by atoms with Crippen LogP contribution < -0.4 is 15.2 Å². The van der Waals surface area contributed by atoms with Crippen LogP contribution in [0.2, 0.25) is 0 Å². The van der Waals surface area contributed by atoms with Crippen LogP contribution in [-0.4, -0.2) is 20.3 Å². The van der Waals surface area contributed by atoms with Crippen LogP contribution in [0, 0.1) is 5.92 Å². The normalized spacial score (nSPS) is 12.6. The number of ether oxygens (including phenoxy) is 2. The summed E-state index contributed by atoms with van der Waals surface area (Å²) < 4.78 is 10.5. The second kappa shape index (κ2) is 7.27. The maximum absolute atomic E-state index is 6.04. The van der Waals surface area contributed by atoms with Crippen LogP contribution in [0.4, 0.5) is 0 Å². The van der Waals surface area contributed by atoms with Crippen molar-refractivity contribution in [2.24, 2.45) is 11.7 Å². The molecule has 0 fully saturated rings. The van der Waals surface area contributed by atoms with Crippen LogP contribution >= 0.6 is 0 Å². The summed E-state index contributed by atoms with van der Waals surface area (Å²) in [6, 6.07) is 6.38. The number of methoxy groups -OCH3 is 2. The van der Waals surface area contributed by atoms with Gasteiger partial charge in [-0.15, -0.1) is 0 Å². The fraction of sp³-hybridized carbons (Fsp3) is 0.600. The predicted molar refractivity (Wildman–Crippen MR) is 75.3 cm³/mol. The van der Waals surface area contributed by atoms with Crippen molar-refractivity contribution in [2.75, 3.05) is 14.2 Å². The Labute approximate surface area is 110 Å². The largest absolute Gasteiger partial charge is 0.493 e. The van der Waals surface area contributed by atoms with Crippen molar-refractivity contribution >= 4 is 0 Å². The van der Waals surface area contributed by atoms with E-state index in [1.54, 1.807) is 14.2 Å². The Morgan fingerprint density at radius 1 is 1.11 bits per heavy atom. The van der Waals surface area contributed by atoms with Gasteiger partial charge in [0.1, 0.15) is 0 Å². The minimum absolute atomic E-state index is 0.296. The number of nitrogens with two attached hydrogens (primary N) is 1. The maximum atomic E-state index is 6.04. The highest BCUT2D eigenvalue weighted by Gasteiger charge is 2.08. The predicted octanol–water partition coefficient (Wildman–Crippen LogP) is 3.01. The Morgan fingerprint density at radius 3 is 2.33 bits per heavy atom. The van der Waals surface area contributed by atoms with E-state index in [9.17, 15) is 0 Å². The van der Waals surface area contributed by atoms with Gasteiger partial charge in [-0.1, -0.05) is 19.9 Å². The third-order valence-corrected chi connectivity index (χ3v) is 3.31. The SMILES string of the molecule is COc1ccc(CCCC(N)C(C)C)cc1OC. The van der Waals surface area contributed by atoms with Crippen molar-refractivity contribution in [2.45, 2.75) is 39.2 Å². The van der Waals surface area contributed by atoms with Crippen molar-refractivity contribution in [3.8, 4) is 11.5 Å². The first-order valence-corrected chi connectivity index (χ1v) is 6.55. The third-order valence-electron chi connectivity index (χ3n) is 3.31. The molecule has 3 heteroatoms. The molecule has 0 aliphatic carbocycles. The number of benzene rings is 1. The van der Waals surface area contributed by atoms with Crippen molar-refractivity contribution in [1.82, 2.24) is 0 Å². The summed E-state index contributed by atoms with van der Waals surface area (Å²) in [6.45, 7) is 4.34. The number of aryl methyl sites for hydroxylation is 1. The molecule has 2 N–H and O–H groups in total. The van der Waals surface area contributed by atoms with Crippen molar-refractivity contribution in [1.29, 1.82) is 0 Å². The lowest BCUT2D eigenvalue weighted by Gasteiger charge is -2.15. The van der Waals surface area contributed by atoms with E-state index in [4.69, 9.17) is 15.2 Å². The molecule has 1 atom stereocenters. The second-order valence-electron chi connectivity index (χ2n) is 4.99. The second-order valence-corrected chi connectivity index (χ2v) is 4.99. The average Bonchev–Trinajstić information content (AvgIpc) is 2.38. The third kappa shape index (κ3) is 4.22. The molecule has 0 heterocycles. The molecule has 0 bridgehead atoms. The molecule has 1 aromatic carbocycles. The summed E-state index contributed by atoms with van der Waals surface area (Å²) in [7, 11) is 3.31. The molecule has 1 aromatic rings.